The lowest BCUT2D eigenvalue weighted by Crippen LogP contribution is -2.50. The summed E-state index contributed by atoms with van der Waals surface area (Å²) in [5.74, 6) is 1.63. The molecule has 0 spiro atoms. The van der Waals surface area contributed by atoms with Crippen molar-refractivity contribution in [3.05, 3.63) is 29.8 Å². The molecule has 1 atom stereocenters. The maximum atomic E-state index is 12.4. The van der Waals surface area contributed by atoms with Gasteiger partial charge in [-0.25, -0.2) is 0 Å². The van der Waals surface area contributed by atoms with E-state index in [1.807, 2.05) is 4.90 Å². The van der Waals surface area contributed by atoms with Crippen molar-refractivity contribution in [2.75, 3.05) is 59.5 Å². The van der Waals surface area contributed by atoms with Gasteiger partial charge in [0.15, 0.2) is 0 Å². The van der Waals surface area contributed by atoms with E-state index in [1.165, 1.54) is 6.42 Å². The monoisotopic (exact) mass is 388 g/mol. The second kappa shape index (κ2) is 10.4. The van der Waals surface area contributed by atoms with Crippen LogP contribution in [-0.4, -0.2) is 81.1 Å². The fourth-order valence-corrected chi connectivity index (χ4v) is 3.84. The van der Waals surface area contributed by atoms with Crippen LogP contribution >= 0.6 is 0 Å². The predicted octanol–water partition coefficient (Wildman–Crippen LogP) is 0.959. The van der Waals surface area contributed by atoms with E-state index in [0.717, 1.165) is 58.0 Å². The van der Waals surface area contributed by atoms with Gasteiger partial charge in [0.1, 0.15) is 5.75 Å². The first-order valence-electron chi connectivity index (χ1n) is 10.3. The Morgan fingerprint density at radius 2 is 1.93 bits per heavy atom. The first-order valence-corrected chi connectivity index (χ1v) is 10.3. The number of nitrogens with one attached hydrogen (secondary N) is 2. The Morgan fingerprint density at radius 3 is 2.57 bits per heavy atom. The predicted molar refractivity (Wildman–Crippen MR) is 109 cm³/mol. The van der Waals surface area contributed by atoms with Crippen LogP contribution in [0.2, 0.25) is 0 Å². The molecule has 2 amide bonds. The molecule has 154 valence electrons. The molecule has 0 aromatic heterocycles. The van der Waals surface area contributed by atoms with Gasteiger partial charge in [-0.2, -0.15) is 0 Å². The largest absolute Gasteiger partial charge is 0.497 e. The van der Waals surface area contributed by atoms with E-state index in [1.54, 1.807) is 31.4 Å². The molecule has 7 nitrogen and oxygen atoms in total. The normalized spacial score (nSPS) is 20.2. The highest BCUT2D eigenvalue weighted by Gasteiger charge is 2.22. The van der Waals surface area contributed by atoms with Gasteiger partial charge in [-0.1, -0.05) is 0 Å². The molecule has 1 aromatic carbocycles. The Hall–Kier alpha value is -2.12. The van der Waals surface area contributed by atoms with Gasteiger partial charge in [0.05, 0.1) is 7.11 Å². The minimum Gasteiger partial charge on any atom is -0.497 e. The van der Waals surface area contributed by atoms with E-state index in [0.29, 0.717) is 30.4 Å². The van der Waals surface area contributed by atoms with Crippen LogP contribution in [0.3, 0.4) is 0 Å². The lowest BCUT2D eigenvalue weighted by molar-refractivity contribution is -0.133. The number of piperazine rings is 1. The van der Waals surface area contributed by atoms with Crippen molar-refractivity contribution in [1.29, 1.82) is 0 Å². The number of carbonyl (C=O) groups excluding carboxylic acids is 2. The molecule has 2 N–H and O–H groups in total. The van der Waals surface area contributed by atoms with Crippen LogP contribution < -0.4 is 15.4 Å². The summed E-state index contributed by atoms with van der Waals surface area (Å²) in [6.07, 6.45) is 2.87. The fourth-order valence-electron chi connectivity index (χ4n) is 3.84. The zero-order valence-corrected chi connectivity index (χ0v) is 16.8. The molecule has 0 bridgehead atoms. The van der Waals surface area contributed by atoms with Gasteiger partial charge in [0.25, 0.3) is 5.91 Å². The SMILES string of the molecule is COc1ccc(C(=O)NCCN2CCN(C(=O)CCC3CCNC3)CC2)cc1. The maximum Gasteiger partial charge on any atom is 0.251 e. The first-order chi connectivity index (χ1) is 13.7. The van der Waals surface area contributed by atoms with Gasteiger partial charge >= 0.3 is 0 Å². The molecule has 2 aliphatic rings. The van der Waals surface area contributed by atoms with E-state index < -0.39 is 0 Å². The zero-order chi connectivity index (χ0) is 19.8. The molecule has 0 saturated carbocycles. The zero-order valence-electron chi connectivity index (χ0n) is 16.8. The minimum absolute atomic E-state index is 0.0714. The van der Waals surface area contributed by atoms with Crippen molar-refractivity contribution in [1.82, 2.24) is 20.4 Å². The summed E-state index contributed by atoms with van der Waals surface area (Å²) in [6.45, 7) is 6.87. The van der Waals surface area contributed by atoms with Crippen molar-refractivity contribution >= 4 is 11.8 Å². The van der Waals surface area contributed by atoms with Gasteiger partial charge in [0, 0.05) is 51.3 Å². The molecular formula is C21H32N4O3. The third kappa shape index (κ3) is 5.94. The maximum absolute atomic E-state index is 12.4. The highest BCUT2D eigenvalue weighted by Crippen LogP contribution is 2.16. The van der Waals surface area contributed by atoms with E-state index in [2.05, 4.69) is 15.5 Å². The van der Waals surface area contributed by atoms with E-state index in [4.69, 9.17) is 4.74 Å². The molecule has 28 heavy (non-hydrogen) atoms. The van der Waals surface area contributed by atoms with Gasteiger partial charge in [-0.15, -0.1) is 0 Å². The van der Waals surface area contributed by atoms with Crippen LogP contribution in [0.15, 0.2) is 24.3 Å². The van der Waals surface area contributed by atoms with Crippen LogP contribution in [0.4, 0.5) is 0 Å². The summed E-state index contributed by atoms with van der Waals surface area (Å²) in [5, 5.41) is 6.32. The molecule has 3 rings (SSSR count). The summed E-state index contributed by atoms with van der Waals surface area (Å²) >= 11 is 0. The molecule has 0 radical (unpaired) electrons. The molecular weight excluding hydrogens is 356 g/mol. The summed E-state index contributed by atoms with van der Waals surface area (Å²) in [6, 6.07) is 7.10. The van der Waals surface area contributed by atoms with Crippen molar-refractivity contribution in [3.8, 4) is 5.75 Å². The highest BCUT2D eigenvalue weighted by molar-refractivity contribution is 5.94. The lowest BCUT2D eigenvalue weighted by atomic mass is 10.0. The Balaban J connectivity index is 1.30. The Labute approximate surface area is 167 Å². The summed E-state index contributed by atoms with van der Waals surface area (Å²) in [5.41, 5.74) is 0.633. The van der Waals surface area contributed by atoms with Crippen molar-refractivity contribution in [2.24, 2.45) is 5.92 Å². The molecule has 0 aliphatic carbocycles. The third-order valence-electron chi connectivity index (χ3n) is 5.72. The van der Waals surface area contributed by atoms with Crippen molar-refractivity contribution in [3.63, 3.8) is 0 Å². The number of hydrogen-bond acceptors (Lipinski definition) is 5. The second-order valence-corrected chi connectivity index (χ2v) is 7.60. The van der Waals surface area contributed by atoms with E-state index in [9.17, 15) is 9.59 Å². The fraction of sp³-hybridized carbons (Fsp3) is 0.619. The molecule has 7 heteroatoms. The number of ether oxygens (including phenoxy) is 1. The number of methoxy groups -OCH3 is 1. The first kappa shape index (κ1) is 20.6. The van der Waals surface area contributed by atoms with E-state index >= 15 is 0 Å². The number of hydrogen-bond donors (Lipinski definition) is 2. The average Bonchev–Trinajstić information content (AvgIpc) is 3.26. The van der Waals surface area contributed by atoms with Crippen LogP contribution in [0.25, 0.3) is 0 Å². The molecule has 2 saturated heterocycles. The third-order valence-corrected chi connectivity index (χ3v) is 5.72. The molecule has 2 fully saturated rings. The number of amides is 2. The van der Waals surface area contributed by atoms with Gasteiger partial charge < -0.3 is 20.3 Å². The topological polar surface area (TPSA) is 73.9 Å². The summed E-state index contributed by atoms with van der Waals surface area (Å²) in [4.78, 5) is 28.9. The highest BCUT2D eigenvalue weighted by atomic mass is 16.5. The molecule has 2 heterocycles. The average molecular weight is 389 g/mol. The smallest absolute Gasteiger partial charge is 0.251 e. The number of nitrogens with zero attached hydrogens (tertiary/aromatic N) is 2. The number of rotatable bonds is 8. The van der Waals surface area contributed by atoms with Gasteiger partial charge in [-0.05, 0) is 56.1 Å². The van der Waals surface area contributed by atoms with E-state index in [-0.39, 0.29) is 5.91 Å². The van der Waals surface area contributed by atoms with Crippen molar-refractivity contribution < 1.29 is 14.3 Å². The Kier molecular flexibility index (Phi) is 7.68. The number of carbonyl (C=O) groups is 2. The van der Waals surface area contributed by atoms with Crippen LogP contribution in [0.1, 0.15) is 29.6 Å². The molecule has 1 unspecified atom stereocenters. The second-order valence-electron chi connectivity index (χ2n) is 7.60. The van der Waals surface area contributed by atoms with Crippen molar-refractivity contribution in [2.45, 2.75) is 19.3 Å². The lowest BCUT2D eigenvalue weighted by Gasteiger charge is -2.35. The molecule has 2 aliphatic heterocycles. The quantitative estimate of drug-likeness (QED) is 0.694. The Bertz CT molecular complexity index is 636. The van der Waals surface area contributed by atoms with Gasteiger partial charge in [0.2, 0.25) is 5.91 Å². The minimum atomic E-state index is -0.0714. The van der Waals surface area contributed by atoms with Gasteiger partial charge in [-0.3, -0.25) is 14.5 Å². The summed E-state index contributed by atoms with van der Waals surface area (Å²) < 4.78 is 5.11. The standard InChI is InChI=1S/C21H32N4O3/c1-28-19-5-3-18(4-6-19)21(27)23-10-11-24-12-14-25(15-13-24)20(26)7-2-17-8-9-22-16-17/h3-6,17,22H,2,7-16H2,1H3,(H,23,27). The molecule has 1 aromatic rings. The number of benzene rings is 1. The Morgan fingerprint density at radius 1 is 1.18 bits per heavy atom. The summed E-state index contributed by atoms with van der Waals surface area (Å²) in [7, 11) is 1.61. The van der Waals surface area contributed by atoms with Crippen LogP contribution in [0.5, 0.6) is 5.75 Å². The van der Waals surface area contributed by atoms with Crippen LogP contribution in [0, 0.1) is 5.92 Å². The van der Waals surface area contributed by atoms with Crippen LogP contribution in [-0.2, 0) is 4.79 Å².